The average molecular weight is 236 g/mol. The van der Waals surface area contributed by atoms with E-state index < -0.39 is 0 Å². The number of carbonyl (C=O) groups is 1. The molecule has 0 aromatic carbocycles. The van der Waals surface area contributed by atoms with Gasteiger partial charge in [-0.05, 0) is 13.3 Å². The monoisotopic (exact) mass is 236 g/mol. The second-order valence-electron chi connectivity index (χ2n) is 4.16. The van der Waals surface area contributed by atoms with Crippen molar-refractivity contribution in [2.75, 3.05) is 18.9 Å². The molecule has 0 radical (unpaired) electrons. The lowest BCUT2D eigenvalue weighted by Crippen LogP contribution is -2.32. The van der Waals surface area contributed by atoms with Crippen molar-refractivity contribution in [3.63, 3.8) is 0 Å². The minimum atomic E-state index is -0.225. The van der Waals surface area contributed by atoms with Gasteiger partial charge >= 0.3 is 0 Å². The Bertz CT molecular complexity index is 393. The van der Waals surface area contributed by atoms with Crippen LogP contribution in [0.1, 0.15) is 23.8 Å². The lowest BCUT2D eigenvalue weighted by molar-refractivity contribution is 0.0903. The molecule has 2 atom stereocenters. The number of nitrogens with two attached hydrogens (primary N) is 1. The topological polar surface area (TPSA) is 90.1 Å². The van der Waals surface area contributed by atoms with E-state index in [9.17, 15) is 4.79 Å². The summed E-state index contributed by atoms with van der Waals surface area (Å²) < 4.78 is 5.42. The van der Waals surface area contributed by atoms with Crippen LogP contribution in [-0.2, 0) is 4.74 Å². The molecule has 92 valence electrons. The second-order valence-corrected chi connectivity index (χ2v) is 4.16. The first kappa shape index (κ1) is 11.8. The van der Waals surface area contributed by atoms with Gasteiger partial charge in [0.25, 0.3) is 5.91 Å². The fourth-order valence-corrected chi connectivity index (χ4v) is 1.81. The average Bonchev–Trinajstić information content (AvgIpc) is 2.73. The Morgan fingerprint density at radius 1 is 1.59 bits per heavy atom. The number of anilines is 1. The molecular formula is C11H16N4O2. The Morgan fingerprint density at radius 2 is 2.41 bits per heavy atom. The zero-order chi connectivity index (χ0) is 12.3. The van der Waals surface area contributed by atoms with Gasteiger partial charge < -0.3 is 15.8 Å². The Hall–Kier alpha value is -1.69. The fraction of sp³-hybridized carbons (Fsp3) is 0.545. The van der Waals surface area contributed by atoms with E-state index >= 15 is 0 Å². The summed E-state index contributed by atoms with van der Waals surface area (Å²) in [5, 5.41) is 2.83. The molecule has 1 amide bonds. The number of hydrogen-bond acceptors (Lipinski definition) is 5. The van der Waals surface area contributed by atoms with E-state index in [1.54, 1.807) is 0 Å². The van der Waals surface area contributed by atoms with E-state index in [-0.39, 0.29) is 17.7 Å². The van der Waals surface area contributed by atoms with Crippen LogP contribution in [0, 0.1) is 5.92 Å². The van der Waals surface area contributed by atoms with E-state index in [4.69, 9.17) is 10.5 Å². The van der Waals surface area contributed by atoms with Gasteiger partial charge in [-0.1, -0.05) is 0 Å². The number of nitrogens with zero attached hydrogens (tertiary/aromatic N) is 2. The third-order valence-electron chi connectivity index (χ3n) is 2.96. The van der Waals surface area contributed by atoms with Crippen molar-refractivity contribution in [2.24, 2.45) is 5.92 Å². The van der Waals surface area contributed by atoms with Crippen molar-refractivity contribution in [1.29, 1.82) is 0 Å². The molecular weight excluding hydrogens is 220 g/mol. The van der Waals surface area contributed by atoms with E-state index in [0.717, 1.165) is 13.0 Å². The van der Waals surface area contributed by atoms with Crippen molar-refractivity contribution in [1.82, 2.24) is 15.3 Å². The predicted molar refractivity (Wildman–Crippen MR) is 62.3 cm³/mol. The van der Waals surface area contributed by atoms with Crippen LogP contribution < -0.4 is 11.1 Å². The van der Waals surface area contributed by atoms with Crippen LogP contribution in [0.25, 0.3) is 0 Å². The standard InChI is InChI=1S/C11H16N4O2/c1-7-8(2-3-17-7)4-15-11(16)9-5-14-10(12)6-13-9/h5-8H,2-4H2,1H3,(H2,12,14)(H,15,16). The molecule has 2 unspecified atom stereocenters. The minimum absolute atomic E-state index is 0.202. The number of nitrogen functional groups attached to an aromatic ring is 1. The number of hydrogen-bond donors (Lipinski definition) is 2. The van der Waals surface area contributed by atoms with E-state index in [0.29, 0.717) is 18.3 Å². The lowest BCUT2D eigenvalue weighted by atomic mass is 10.0. The molecule has 1 aromatic rings. The van der Waals surface area contributed by atoms with Gasteiger partial charge in [-0.25, -0.2) is 9.97 Å². The molecule has 0 aliphatic carbocycles. The normalized spacial score (nSPS) is 23.6. The van der Waals surface area contributed by atoms with Crippen molar-refractivity contribution < 1.29 is 9.53 Å². The Balaban J connectivity index is 1.87. The minimum Gasteiger partial charge on any atom is -0.382 e. The van der Waals surface area contributed by atoms with Crippen molar-refractivity contribution >= 4 is 11.7 Å². The van der Waals surface area contributed by atoms with Gasteiger partial charge in [-0.3, -0.25) is 4.79 Å². The second kappa shape index (κ2) is 5.09. The molecule has 1 aromatic heterocycles. The summed E-state index contributed by atoms with van der Waals surface area (Å²) in [6, 6.07) is 0. The Kier molecular flexibility index (Phi) is 3.53. The zero-order valence-electron chi connectivity index (χ0n) is 9.72. The van der Waals surface area contributed by atoms with Gasteiger partial charge in [-0.2, -0.15) is 0 Å². The highest BCUT2D eigenvalue weighted by molar-refractivity contribution is 5.91. The molecule has 2 heterocycles. The van der Waals surface area contributed by atoms with Gasteiger partial charge in [0.15, 0.2) is 0 Å². The molecule has 6 nitrogen and oxygen atoms in total. The van der Waals surface area contributed by atoms with E-state index in [1.807, 2.05) is 6.92 Å². The van der Waals surface area contributed by atoms with Crippen LogP contribution in [0.3, 0.4) is 0 Å². The molecule has 17 heavy (non-hydrogen) atoms. The number of carbonyl (C=O) groups excluding carboxylic acids is 1. The third kappa shape index (κ3) is 2.91. The predicted octanol–water partition coefficient (Wildman–Crippen LogP) is 0.214. The lowest BCUT2D eigenvalue weighted by Gasteiger charge is -2.14. The molecule has 1 fully saturated rings. The highest BCUT2D eigenvalue weighted by Gasteiger charge is 2.24. The quantitative estimate of drug-likeness (QED) is 0.783. The number of rotatable bonds is 3. The van der Waals surface area contributed by atoms with Gasteiger partial charge in [0.2, 0.25) is 0 Å². The fourth-order valence-electron chi connectivity index (χ4n) is 1.81. The number of aromatic nitrogens is 2. The highest BCUT2D eigenvalue weighted by atomic mass is 16.5. The summed E-state index contributed by atoms with van der Waals surface area (Å²) in [4.78, 5) is 19.5. The number of nitrogens with one attached hydrogen (secondary N) is 1. The Morgan fingerprint density at radius 3 is 3.00 bits per heavy atom. The van der Waals surface area contributed by atoms with Gasteiger partial charge in [0, 0.05) is 19.1 Å². The van der Waals surface area contributed by atoms with Crippen molar-refractivity contribution in [3.8, 4) is 0 Å². The maximum absolute atomic E-state index is 11.7. The molecule has 0 saturated carbocycles. The molecule has 6 heteroatoms. The van der Waals surface area contributed by atoms with Crippen LogP contribution in [0.4, 0.5) is 5.82 Å². The smallest absolute Gasteiger partial charge is 0.271 e. The number of ether oxygens (including phenoxy) is 1. The first-order chi connectivity index (χ1) is 8.16. The first-order valence-corrected chi connectivity index (χ1v) is 5.64. The summed E-state index contributed by atoms with van der Waals surface area (Å²) in [6.45, 7) is 3.39. The van der Waals surface area contributed by atoms with Gasteiger partial charge in [0.05, 0.1) is 18.5 Å². The van der Waals surface area contributed by atoms with Crippen LogP contribution in [0.5, 0.6) is 0 Å². The summed E-state index contributed by atoms with van der Waals surface area (Å²) in [5.74, 6) is 0.455. The van der Waals surface area contributed by atoms with Crippen LogP contribution in [-0.4, -0.2) is 35.1 Å². The van der Waals surface area contributed by atoms with Crippen LogP contribution in [0.2, 0.25) is 0 Å². The van der Waals surface area contributed by atoms with Crippen LogP contribution >= 0.6 is 0 Å². The summed E-state index contributed by atoms with van der Waals surface area (Å²) in [7, 11) is 0. The molecule has 1 aliphatic heterocycles. The maximum Gasteiger partial charge on any atom is 0.271 e. The summed E-state index contributed by atoms with van der Waals surface area (Å²) in [5.41, 5.74) is 5.68. The summed E-state index contributed by atoms with van der Waals surface area (Å²) in [6.07, 6.45) is 3.93. The molecule has 1 aliphatic rings. The van der Waals surface area contributed by atoms with E-state index in [2.05, 4.69) is 15.3 Å². The maximum atomic E-state index is 11.7. The molecule has 0 spiro atoms. The van der Waals surface area contributed by atoms with Gasteiger partial charge in [0.1, 0.15) is 11.5 Å². The van der Waals surface area contributed by atoms with Gasteiger partial charge in [-0.15, -0.1) is 0 Å². The molecule has 3 N–H and O–H groups in total. The number of amides is 1. The highest BCUT2D eigenvalue weighted by Crippen LogP contribution is 2.19. The zero-order valence-corrected chi connectivity index (χ0v) is 9.72. The largest absolute Gasteiger partial charge is 0.382 e. The van der Waals surface area contributed by atoms with Crippen LogP contribution in [0.15, 0.2) is 12.4 Å². The molecule has 0 bridgehead atoms. The van der Waals surface area contributed by atoms with E-state index in [1.165, 1.54) is 12.4 Å². The Labute approximate surface area is 99.6 Å². The molecule has 1 saturated heterocycles. The SMILES string of the molecule is CC1OCCC1CNC(=O)c1cnc(N)cn1. The summed E-state index contributed by atoms with van der Waals surface area (Å²) >= 11 is 0. The van der Waals surface area contributed by atoms with Crippen molar-refractivity contribution in [3.05, 3.63) is 18.1 Å². The third-order valence-corrected chi connectivity index (χ3v) is 2.96. The molecule has 2 rings (SSSR count). The van der Waals surface area contributed by atoms with Crippen molar-refractivity contribution in [2.45, 2.75) is 19.4 Å². The first-order valence-electron chi connectivity index (χ1n) is 5.64.